The first-order valence-corrected chi connectivity index (χ1v) is 8.22. The van der Waals surface area contributed by atoms with Gasteiger partial charge in [-0.3, -0.25) is 9.78 Å². The molecule has 0 radical (unpaired) electrons. The van der Waals surface area contributed by atoms with Crippen LogP contribution in [0.15, 0.2) is 30.7 Å². The van der Waals surface area contributed by atoms with Crippen LogP contribution < -0.4 is 10.2 Å². The van der Waals surface area contributed by atoms with E-state index in [2.05, 4.69) is 20.3 Å². The van der Waals surface area contributed by atoms with Gasteiger partial charge in [0.2, 0.25) is 6.23 Å². The van der Waals surface area contributed by atoms with Gasteiger partial charge in [0.25, 0.3) is 5.91 Å². The normalized spacial score (nSPS) is 21.0. The number of anilines is 1. The Morgan fingerprint density at radius 2 is 2.04 bits per heavy atom. The monoisotopic (exact) mass is 377 g/mol. The van der Waals surface area contributed by atoms with Crippen molar-refractivity contribution in [2.45, 2.75) is 6.23 Å². The third-order valence-corrected chi connectivity index (χ3v) is 4.16. The molecule has 0 spiro atoms. The minimum Gasteiger partial charge on any atom is -0.419 e. The Morgan fingerprint density at radius 3 is 2.85 bits per heavy atom. The maximum Gasteiger partial charge on any atom is 0.412 e. The Morgan fingerprint density at radius 1 is 1.27 bits per heavy atom. The van der Waals surface area contributed by atoms with Crippen molar-refractivity contribution in [2.75, 3.05) is 31.1 Å². The lowest BCUT2D eigenvalue weighted by molar-refractivity contribution is 0.0565. The smallest absolute Gasteiger partial charge is 0.412 e. The van der Waals surface area contributed by atoms with Gasteiger partial charge in [-0.25, -0.2) is 19.7 Å². The highest BCUT2D eigenvalue weighted by atomic mass is 35.5. The summed E-state index contributed by atoms with van der Waals surface area (Å²) in [5.41, 5.74) is 0.0371. The second kappa shape index (κ2) is 6.85. The highest BCUT2D eigenvalue weighted by molar-refractivity contribution is 6.30. The third kappa shape index (κ3) is 2.95. The first kappa shape index (κ1) is 13.4. The second-order valence-electron chi connectivity index (χ2n) is 5.55. The molecule has 2 amide bonds. The molecule has 1 saturated heterocycles. The van der Waals surface area contributed by atoms with Crippen molar-refractivity contribution in [1.29, 1.82) is 0 Å². The van der Waals surface area contributed by atoms with Crippen molar-refractivity contribution in [3.05, 3.63) is 47.1 Å². The van der Waals surface area contributed by atoms with E-state index >= 15 is 0 Å². The summed E-state index contributed by atoms with van der Waals surface area (Å²) >= 11 is 5.83. The van der Waals surface area contributed by atoms with Crippen molar-refractivity contribution in [1.82, 2.24) is 25.2 Å². The average Bonchev–Trinajstić information content (AvgIpc) is 3.01. The van der Waals surface area contributed by atoms with E-state index in [1.54, 1.807) is 0 Å². The van der Waals surface area contributed by atoms with E-state index in [9.17, 15) is 9.59 Å². The van der Waals surface area contributed by atoms with Gasteiger partial charge in [0, 0.05) is 44.7 Å². The Balaban J connectivity index is 1.76. The summed E-state index contributed by atoms with van der Waals surface area (Å²) in [4.78, 5) is 40.0. The van der Waals surface area contributed by atoms with Crippen LogP contribution in [-0.4, -0.2) is 58.0 Å². The molecule has 26 heavy (non-hydrogen) atoms. The molecule has 0 unspecified atom stereocenters. The van der Waals surface area contributed by atoms with Crippen LogP contribution in [-0.2, 0) is 4.74 Å². The molecule has 9 nitrogen and oxygen atoms in total. The van der Waals surface area contributed by atoms with Crippen LogP contribution in [0.1, 0.15) is 26.5 Å². The number of aromatic nitrogens is 3. The van der Waals surface area contributed by atoms with Gasteiger partial charge in [0.15, 0.2) is 5.69 Å². The predicted molar refractivity (Wildman–Crippen MR) is 91.8 cm³/mol. The number of amides is 2. The SMILES string of the molecule is [2H]c1nc(N2C(=O)c3nccnc3[C@@H]2OC(=O)N2CCNCC2)c([2H])c([2H])c1Cl. The molecule has 2 aliphatic rings. The van der Waals surface area contributed by atoms with Crippen LogP contribution in [0, 0.1) is 0 Å². The summed E-state index contributed by atoms with van der Waals surface area (Å²) in [5, 5.41) is 2.81. The maximum atomic E-state index is 13.0. The van der Waals surface area contributed by atoms with Crippen LogP contribution in [0.2, 0.25) is 5.02 Å². The van der Waals surface area contributed by atoms with E-state index in [-0.39, 0.29) is 22.2 Å². The summed E-state index contributed by atoms with van der Waals surface area (Å²) in [5.74, 6) is -1.03. The number of fused-ring (bicyclic) bond motifs is 1. The highest BCUT2D eigenvalue weighted by Gasteiger charge is 2.44. The van der Waals surface area contributed by atoms with E-state index < -0.39 is 36.5 Å². The summed E-state index contributed by atoms with van der Waals surface area (Å²) in [7, 11) is 0. The number of piperazine rings is 1. The molecule has 0 bridgehead atoms. The van der Waals surface area contributed by atoms with Gasteiger partial charge >= 0.3 is 6.09 Å². The van der Waals surface area contributed by atoms with Gasteiger partial charge in [-0.15, -0.1) is 0 Å². The van der Waals surface area contributed by atoms with Crippen LogP contribution in [0.4, 0.5) is 10.6 Å². The van der Waals surface area contributed by atoms with Gasteiger partial charge in [-0.2, -0.15) is 0 Å². The molecule has 1 fully saturated rings. The Kier molecular flexibility index (Phi) is 3.54. The molecule has 4 rings (SSSR count). The summed E-state index contributed by atoms with van der Waals surface area (Å²) < 4.78 is 29.4. The fourth-order valence-corrected chi connectivity index (χ4v) is 2.84. The van der Waals surface area contributed by atoms with E-state index in [1.807, 2.05) is 0 Å². The number of carbonyl (C=O) groups is 2. The standard InChI is InChI=1S/C16H15ClN6O3/c17-10-1-2-11(21-9-10)23-14(24)12-13(20-4-3-19-12)15(23)26-16(25)22-7-5-18-6-8-22/h1-4,9,15,18H,5-8H2/t15-/m0/s1/i1D,2D,9D. The van der Waals surface area contributed by atoms with Crippen molar-refractivity contribution < 1.29 is 18.4 Å². The van der Waals surface area contributed by atoms with Crippen molar-refractivity contribution in [3.63, 3.8) is 0 Å². The van der Waals surface area contributed by atoms with Crippen LogP contribution >= 0.6 is 11.6 Å². The van der Waals surface area contributed by atoms with Gasteiger partial charge in [-0.05, 0) is 12.1 Å². The van der Waals surface area contributed by atoms with Gasteiger partial charge in [0.05, 0.1) is 9.13 Å². The number of carbonyl (C=O) groups excluding carboxylic acids is 2. The Hall–Kier alpha value is -2.78. The zero-order valence-corrected chi connectivity index (χ0v) is 14.2. The van der Waals surface area contributed by atoms with Crippen molar-refractivity contribution in [2.24, 2.45) is 0 Å². The molecule has 10 heteroatoms. The minimum atomic E-state index is -1.33. The average molecular weight is 378 g/mol. The first-order chi connectivity index (χ1) is 13.9. The topological polar surface area (TPSA) is 101 Å². The molecule has 0 aromatic carbocycles. The molecule has 2 aromatic rings. The molecule has 2 aromatic heterocycles. The molecule has 2 aliphatic heterocycles. The highest BCUT2D eigenvalue weighted by Crippen LogP contribution is 2.35. The fraction of sp³-hybridized carbons (Fsp3) is 0.312. The quantitative estimate of drug-likeness (QED) is 0.839. The van der Waals surface area contributed by atoms with Gasteiger partial charge in [-0.1, -0.05) is 11.6 Å². The lowest BCUT2D eigenvalue weighted by atomic mass is 10.3. The van der Waals surface area contributed by atoms with Crippen LogP contribution in [0.25, 0.3) is 0 Å². The first-order valence-electron chi connectivity index (χ1n) is 9.34. The van der Waals surface area contributed by atoms with Crippen molar-refractivity contribution in [3.8, 4) is 0 Å². The number of nitrogens with one attached hydrogen (secondary N) is 1. The van der Waals surface area contributed by atoms with E-state index in [0.717, 1.165) is 4.90 Å². The summed E-state index contributed by atoms with van der Waals surface area (Å²) in [6.07, 6.45) is 0.206. The molecule has 1 atom stereocenters. The third-order valence-electron chi connectivity index (χ3n) is 3.98. The second-order valence-corrected chi connectivity index (χ2v) is 5.93. The van der Waals surface area contributed by atoms with E-state index in [1.165, 1.54) is 17.3 Å². The minimum absolute atomic E-state index is 0.0557. The number of nitrogens with zero attached hydrogens (tertiary/aromatic N) is 5. The number of halogens is 1. The van der Waals surface area contributed by atoms with E-state index in [0.29, 0.717) is 26.2 Å². The van der Waals surface area contributed by atoms with Gasteiger partial charge in [0.1, 0.15) is 11.5 Å². The van der Waals surface area contributed by atoms with Crippen LogP contribution in [0.5, 0.6) is 0 Å². The Labute approximate surface area is 158 Å². The Bertz CT molecular complexity index is 1000. The fourth-order valence-electron chi connectivity index (χ4n) is 2.75. The number of ether oxygens (including phenoxy) is 1. The molecule has 134 valence electrons. The van der Waals surface area contributed by atoms with E-state index in [4.69, 9.17) is 20.5 Å². The molecule has 4 heterocycles. The molecular weight excluding hydrogens is 360 g/mol. The molecular formula is C16H15ClN6O3. The van der Waals surface area contributed by atoms with Crippen molar-refractivity contribution >= 4 is 29.4 Å². The summed E-state index contributed by atoms with van der Waals surface area (Å²) in [6, 6.07) is -0.936. The largest absolute Gasteiger partial charge is 0.419 e. The molecule has 0 saturated carbocycles. The number of hydrogen-bond acceptors (Lipinski definition) is 7. The van der Waals surface area contributed by atoms with Crippen LogP contribution in [0.3, 0.4) is 0 Å². The number of rotatable bonds is 2. The lowest BCUT2D eigenvalue weighted by Crippen LogP contribution is -2.47. The predicted octanol–water partition coefficient (Wildman–Crippen LogP) is 1.23. The molecule has 0 aliphatic carbocycles. The zero-order valence-electron chi connectivity index (χ0n) is 16.4. The maximum absolute atomic E-state index is 13.0. The number of hydrogen-bond donors (Lipinski definition) is 1. The lowest BCUT2D eigenvalue weighted by Gasteiger charge is -2.30. The zero-order chi connectivity index (χ0) is 20.7. The number of pyridine rings is 1. The van der Waals surface area contributed by atoms with Gasteiger partial charge < -0.3 is 15.0 Å². The summed E-state index contributed by atoms with van der Waals surface area (Å²) in [6.45, 7) is 2.09. The molecule has 1 N–H and O–H groups in total.